The monoisotopic (exact) mass is 472 g/mol. The highest BCUT2D eigenvalue weighted by molar-refractivity contribution is 5.96. The topological polar surface area (TPSA) is 103 Å². The van der Waals surface area contributed by atoms with E-state index < -0.39 is 23.1 Å². The van der Waals surface area contributed by atoms with Gasteiger partial charge in [0, 0.05) is 36.6 Å². The number of anilines is 2. The molecule has 0 bridgehead atoms. The molecule has 0 saturated heterocycles. The van der Waals surface area contributed by atoms with E-state index in [1.54, 1.807) is 13.0 Å². The Morgan fingerprint density at radius 1 is 1.21 bits per heavy atom. The first kappa shape index (κ1) is 23.2. The fraction of sp³-hybridized carbons (Fsp3) is 0.273. The molecule has 0 fully saturated rings. The predicted octanol–water partition coefficient (Wildman–Crippen LogP) is 3.08. The number of rotatable bonds is 8. The van der Waals surface area contributed by atoms with Crippen LogP contribution in [0.1, 0.15) is 27.4 Å². The second-order valence-electron chi connectivity index (χ2n) is 8.04. The Bertz CT molecular complexity index is 1310. The minimum atomic E-state index is -3.63. The lowest BCUT2D eigenvalue weighted by atomic mass is 10.1. The van der Waals surface area contributed by atoms with Crippen molar-refractivity contribution in [1.82, 2.24) is 35.0 Å². The van der Waals surface area contributed by atoms with Gasteiger partial charge in [-0.25, -0.2) is 13.9 Å². The molecule has 1 amide bonds. The van der Waals surface area contributed by atoms with E-state index in [1.165, 1.54) is 16.8 Å². The summed E-state index contributed by atoms with van der Waals surface area (Å²) in [5, 5.41) is 16.5. The Morgan fingerprint density at radius 2 is 1.94 bits per heavy atom. The average molecular weight is 472 g/mol. The highest BCUT2D eigenvalue weighted by Gasteiger charge is 2.39. The van der Waals surface area contributed by atoms with Gasteiger partial charge in [-0.15, -0.1) is 5.10 Å². The highest BCUT2D eigenvalue weighted by Crippen LogP contribution is 2.35. The van der Waals surface area contributed by atoms with Crippen molar-refractivity contribution < 1.29 is 18.0 Å². The molecule has 1 aromatic carbocycles. The van der Waals surface area contributed by atoms with Crippen LogP contribution in [0.2, 0.25) is 0 Å². The molecule has 0 aliphatic heterocycles. The minimum Gasteiger partial charge on any atom is -0.351 e. The van der Waals surface area contributed by atoms with Crippen LogP contribution in [-0.4, -0.2) is 62.8 Å². The maximum absolute atomic E-state index is 15.3. The lowest BCUT2D eigenvalue weighted by molar-refractivity contribution is 0.0315. The number of aromatic amines is 1. The second kappa shape index (κ2) is 9.14. The Morgan fingerprint density at radius 3 is 2.59 bits per heavy atom. The third-order valence-electron chi connectivity index (χ3n) is 5.01. The van der Waals surface area contributed by atoms with E-state index in [0.717, 1.165) is 30.0 Å². The molecule has 0 aliphatic rings. The molecule has 12 heteroatoms. The summed E-state index contributed by atoms with van der Waals surface area (Å²) in [6.07, 6.45) is 1.35. The number of amides is 1. The van der Waals surface area contributed by atoms with Gasteiger partial charge in [0.1, 0.15) is 11.3 Å². The lowest BCUT2D eigenvalue weighted by Crippen LogP contribution is -2.31. The van der Waals surface area contributed by atoms with E-state index in [2.05, 4.69) is 30.9 Å². The number of hydrogen-bond acceptors (Lipinski definition) is 6. The number of benzene rings is 1. The number of nitrogens with one attached hydrogen (secondary N) is 3. The Balaban J connectivity index is 1.76. The largest absolute Gasteiger partial charge is 0.351 e. The number of fused-ring (bicyclic) bond motifs is 1. The van der Waals surface area contributed by atoms with E-state index in [4.69, 9.17) is 0 Å². The number of halogens is 3. The molecule has 4 aromatic rings. The lowest BCUT2D eigenvalue weighted by Gasteiger charge is -2.16. The molecule has 3 N–H and O–H groups in total. The van der Waals surface area contributed by atoms with Gasteiger partial charge in [-0.3, -0.25) is 9.89 Å². The molecular weight excluding hydrogens is 449 g/mol. The third-order valence-corrected chi connectivity index (χ3v) is 5.01. The zero-order valence-corrected chi connectivity index (χ0v) is 18.7. The summed E-state index contributed by atoms with van der Waals surface area (Å²) in [5.41, 5.74) is 0.818. The van der Waals surface area contributed by atoms with Crippen LogP contribution in [-0.2, 0) is 5.92 Å². The van der Waals surface area contributed by atoms with Crippen molar-refractivity contribution in [3.63, 3.8) is 0 Å². The van der Waals surface area contributed by atoms with Crippen molar-refractivity contribution in [3.05, 3.63) is 71.1 Å². The minimum absolute atomic E-state index is 0.0330. The van der Waals surface area contributed by atoms with Crippen LogP contribution in [0.4, 0.5) is 24.8 Å². The normalized spacial score (nSPS) is 11.9. The summed E-state index contributed by atoms with van der Waals surface area (Å²) in [4.78, 5) is 18.6. The van der Waals surface area contributed by atoms with Crippen molar-refractivity contribution in [1.29, 1.82) is 0 Å². The summed E-state index contributed by atoms with van der Waals surface area (Å²) in [6.45, 7) is 2.84. The molecule has 3 aromatic heterocycles. The van der Waals surface area contributed by atoms with Gasteiger partial charge in [0.15, 0.2) is 11.6 Å². The molecule has 0 spiro atoms. The number of carbonyl (C=O) groups is 1. The summed E-state index contributed by atoms with van der Waals surface area (Å²) >= 11 is 0. The number of likely N-dealkylation sites (N-methyl/N-ethyl adjacent to an activating group) is 1. The summed E-state index contributed by atoms with van der Waals surface area (Å²) in [6, 6.07) is 7.03. The van der Waals surface area contributed by atoms with Gasteiger partial charge in [-0.2, -0.15) is 13.9 Å². The number of carbonyl (C=O) groups excluding carboxylic acids is 1. The first-order chi connectivity index (χ1) is 16.1. The van der Waals surface area contributed by atoms with Crippen LogP contribution in [0.25, 0.3) is 5.52 Å². The SMILES string of the molecule is Cc1cc(Nc2nc(C(F)(F)c3ccc(F)cc3)nn3cc(C(=O)NCCN(C)C)cc23)n[nH]1. The van der Waals surface area contributed by atoms with E-state index in [-0.39, 0.29) is 17.3 Å². The predicted molar refractivity (Wildman–Crippen MR) is 120 cm³/mol. The van der Waals surface area contributed by atoms with Crippen molar-refractivity contribution in [2.45, 2.75) is 12.8 Å². The van der Waals surface area contributed by atoms with Crippen LogP contribution >= 0.6 is 0 Å². The van der Waals surface area contributed by atoms with E-state index in [0.29, 0.717) is 24.4 Å². The van der Waals surface area contributed by atoms with Gasteiger partial charge in [-0.05, 0) is 51.4 Å². The zero-order valence-electron chi connectivity index (χ0n) is 18.7. The van der Waals surface area contributed by atoms with Gasteiger partial charge in [0.05, 0.1) is 5.56 Å². The van der Waals surface area contributed by atoms with Gasteiger partial charge >= 0.3 is 5.92 Å². The molecule has 0 saturated carbocycles. The Kier molecular flexibility index (Phi) is 6.24. The Hall–Kier alpha value is -3.93. The molecule has 4 rings (SSSR count). The average Bonchev–Trinajstić information content (AvgIpc) is 3.40. The van der Waals surface area contributed by atoms with Crippen LogP contribution < -0.4 is 10.6 Å². The van der Waals surface area contributed by atoms with Gasteiger partial charge in [0.25, 0.3) is 5.91 Å². The van der Waals surface area contributed by atoms with Crippen molar-refractivity contribution in [3.8, 4) is 0 Å². The molecule has 0 aliphatic carbocycles. The summed E-state index contributed by atoms with van der Waals surface area (Å²) in [7, 11) is 3.76. The fourth-order valence-electron chi connectivity index (χ4n) is 3.24. The van der Waals surface area contributed by atoms with E-state index >= 15 is 8.78 Å². The van der Waals surface area contributed by atoms with Crippen molar-refractivity contribution in [2.75, 3.05) is 32.5 Å². The van der Waals surface area contributed by atoms with Crippen LogP contribution in [0, 0.1) is 12.7 Å². The number of hydrogen-bond donors (Lipinski definition) is 3. The maximum Gasteiger partial charge on any atom is 0.333 e. The molecule has 0 atom stereocenters. The van der Waals surface area contributed by atoms with Crippen LogP contribution in [0.15, 0.2) is 42.6 Å². The molecule has 0 radical (unpaired) electrons. The Labute approximate surface area is 193 Å². The number of aryl methyl sites for hydroxylation is 1. The third kappa shape index (κ3) is 4.86. The number of nitrogens with zero attached hydrogens (tertiary/aromatic N) is 5. The highest BCUT2D eigenvalue weighted by atomic mass is 19.3. The van der Waals surface area contributed by atoms with E-state index in [1.807, 2.05) is 19.0 Å². The molecular formula is C22H23F3N8O. The first-order valence-corrected chi connectivity index (χ1v) is 10.4. The quantitative estimate of drug-likeness (QED) is 0.364. The standard InChI is InChI=1S/C22H23F3N8O/c1-13-10-18(30-29-13)27-19-17-11-14(20(34)26-8-9-32(2)3)12-33(17)31-21(28-19)22(24,25)15-4-6-16(23)7-5-15/h4-7,10-12H,8-9H2,1-3H3,(H,26,34)(H2,27,28,29,30,31). The second-order valence-corrected chi connectivity index (χ2v) is 8.04. The summed E-state index contributed by atoms with van der Waals surface area (Å²) < 4.78 is 45.0. The van der Waals surface area contributed by atoms with Gasteiger partial charge in [0.2, 0.25) is 5.82 Å². The molecule has 178 valence electrons. The fourth-order valence-corrected chi connectivity index (χ4v) is 3.24. The summed E-state index contributed by atoms with van der Waals surface area (Å²) in [5.74, 6) is -5.07. The molecule has 3 heterocycles. The molecule has 34 heavy (non-hydrogen) atoms. The van der Waals surface area contributed by atoms with Crippen LogP contribution in [0.3, 0.4) is 0 Å². The van der Waals surface area contributed by atoms with Crippen molar-refractivity contribution in [2.24, 2.45) is 0 Å². The van der Waals surface area contributed by atoms with Crippen LogP contribution in [0.5, 0.6) is 0 Å². The van der Waals surface area contributed by atoms with Gasteiger partial charge < -0.3 is 15.5 Å². The molecule has 9 nitrogen and oxygen atoms in total. The first-order valence-electron chi connectivity index (χ1n) is 10.4. The zero-order chi connectivity index (χ0) is 24.5. The maximum atomic E-state index is 15.3. The number of aromatic nitrogens is 5. The smallest absolute Gasteiger partial charge is 0.333 e. The van der Waals surface area contributed by atoms with E-state index in [9.17, 15) is 9.18 Å². The number of H-pyrrole nitrogens is 1. The van der Waals surface area contributed by atoms with Gasteiger partial charge in [-0.1, -0.05) is 0 Å². The van der Waals surface area contributed by atoms with Crippen molar-refractivity contribution >= 4 is 23.1 Å². The number of alkyl halides is 2. The molecule has 0 unspecified atom stereocenters.